The minimum Gasteiger partial charge on any atom is -0.255 e. The largest absolute Gasteiger partial charge is 0.255 e. The predicted octanol–water partition coefficient (Wildman–Crippen LogP) is 13.9. The van der Waals surface area contributed by atoms with Crippen molar-refractivity contribution < 1.29 is 0 Å². The summed E-state index contributed by atoms with van der Waals surface area (Å²) >= 11 is 1.83. The van der Waals surface area contributed by atoms with Crippen LogP contribution in [0.5, 0.6) is 0 Å². The molecule has 11 aromatic rings. The predicted molar refractivity (Wildman–Crippen MR) is 238 cm³/mol. The molecule has 0 atom stereocenters. The van der Waals surface area contributed by atoms with Crippen LogP contribution in [0.2, 0.25) is 0 Å². The van der Waals surface area contributed by atoms with Crippen LogP contribution in [-0.4, -0.2) is 19.9 Å². The average molecular weight is 745 g/mol. The first-order chi connectivity index (χ1) is 28.2. The van der Waals surface area contributed by atoms with Gasteiger partial charge in [0.25, 0.3) is 0 Å². The quantitative estimate of drug-likeness (QED) is 0.170. The van der Waals surface area contributed by atoms with Crippen molar-refractivity contribution in [2.75, 3.05) is 0 Å². The van der Waals surface area contributed by atoms with Crippen molar-refractivity contribution in [2.45, 2.75) is 0 Å². The Labute approximate surface area is 333 Å². The SMILES string of the molecule is c1ccc(-c2cc(-c3cccc(-c4cccc(-c5ccc6nc(-c7cccc8ccccc78)c7sc8ccccc8c7c6c5)c4)c3)cc(-c3ccccn3)n2)nc1. The molecule has 0 aliphatic heterocycles. The fourth-order valence-corrected chi connectivity index (χ4v) is 9.24. The van der Waals surface area contributed by atoms with Gasteiger partial charge in [-0.1, -0.05) is 115 Å². The van der Waals surface area contributed by atoms with Gasteiger partial charge >= 0.3 is 0 Å². The molecular weight excluding hydrogens is 713 g/mol. The van der Waals surface area contributed by atoms with Crippen molar-refractivity contribution in [3.63, 3.8) is 0 Å². The van der Waals surface area contributed by atoms with Gasteiger partial charge in [-0.3, -0.25) is 9.97 Å². The van der Waals surface area contributed by atoms with Crippen LogP contribution in [0.15, 0.2) is 194 Å². The molecule has 0 saturated carbocycles. The second-order valence-corrected chi connectivity index (χ2v) is 15.3. The first kappa shape index (κ1) is 33.0. The highest BCUT2D eigenvalue weighted by atomic mass is 32.1. The molecule has 0 spiro atoms. The maximum Gasteiger partial charge on any atom is 0.0900 e. The molecule has 6 aromatic carbocycles. The van der Waals surface area contributed by atoms with E-state index < -0.39 is 0 Å². The fourth-order valence-electron chi connectivity index (χ4n) is 8.02. The number of thiophene rings is 1. The number of aromatic nitrogens is 4. The van der Waals surface area contributed by atoms with E-state index in [9.17, 15) is 0 Å². The normalized spacial score (nSPS) is 11.5. The van der Waals surface area contributed by atoms with Crippen LogP contribution < -0.4 is 0 Å². The first-order valence-corrected chi connectivity index (χ1v) is 19.8. The summed E-state index contributed by atoms with van der Waals surface area (Å²) in [4.78, 5) is 19.6. The van der Waals surface area contributed by atoms with Gasteiger partial charge in [-0.25, -0.2) is 9.97 Å². The summed E-state index contributed by atoms with van der Waals surface area (Å²) in [5, 5.41) is 6.14. The average Bonchev–Trinajstić information content (AvgIpc) is 3.69. The Morgan fingerprint density at radius 1 is 0.368 bits per heavy atom. The monoisotopic (exact) mass is 744 g/mol. The standard InChI is InChI=1S/C52H32N4S/c1-2-18-40-33(12-1)13-11-20-41(40)51-52-50(42-19-3-4-23-49(42)57-52)43-30-38(24-25-44(43)56-51)36-16-9-14-34(28-36)35-15-10-17-37(29-35)39-31-47(45-21-5-7-26-53-45)55-48(32-39)46-22-6-8-27-54-46/h1-32H. The minimum atomic E-state index is 0.809. The number of fused-ring (bicyclic) bond motifs is 6. The minimum absolute atomic E-state index is 0.809. The van der Waals surface area contributed by atoms with Gasteiger partial charge in [0.1, 0.15) is 0 Å². The molecule has 0 amide bonds. The maximum atomic E-state index is 5.41. The van der Waals surface area contributed by atoms with Crippen LogP contribution in [0.3, 0.4) is 0 Å². The lowest BCUT2D eigenvalue weighted by Crippen LogP contribution is -1.94. The Balaban J connectivity index is 1.02. The molecule has 0 saturated heterocycles. The number of hydrogen-bond donors (Lipinski definition) is 0. The molecule has 11 rings (SSSR count). The van der Waals surface area contributed by atoms with E-state index in [4.69, 9.17) is 9.97 Å². The van der Waals surface area contributed by atoms with Gasteiger partial charge in [-0.2, -0.15) is 0 Å². The van der Waals surface area contributed by atoms with Crippen molar-refractivity contribution in [3.05, 3.63) is 194 Å². The van der Waals surface area contributed by atoms with E-state index in [1.54, 1.807) is 12.4 Å². The lowest BCUT2D eigenvalue weighted by molar-refractivity contribution is 1.22. The molecule has 57 heavy (non-hydrogen) atoms. The van der Waals surface area contributed by atoms with E-state index in [-0.39, 0.29) is 0 Å². The number of pyridine rings is 4. The van der Waals surface area contributed by atoms with E-state index in [2.05, 4.69) is 156 Å². The molecule has 0 N–H and O–H groups in total. The number of rotatable bonds is 6. The summed E-state index contributed by atoms with van der Waals surface area (Å²) in [6.45, 7) is 0. The molecule has 0 aliphatic rings. The summed E-state index contributed by atoms with van der Waals surface area (Å²) in [6, 6.07) is 64.3. The molecular formula is C52H32N4S. The van der Waals surface area contributed by atoms with E-state index in [0.29, 0.717) is 0 Å². The third kappa shape index (κ3) is 5.93. The Kier molecular flexibility index (Phi) is 7.97. The van der Waals surface area contributed by atoms with Gasteiger partial charge < -0.3 is 0 Å². The molecule has 266 valence electrons. The molecule has 4 nitrogen and oxygen atoms in total. The highest BCUT2D eigenvalue weighted by Crippen LogP contribution is 2.45. The first-order valence-electron chi connectivity index (χ1n) is 19.0. The van der Waals surface area contributed by atoms with Crippen molar-refractivity contribution in [3.8, 4) is 67.4 Å². The Hall–Kier alpha value is -7.34. The van der Waals surface area contributed by atoms with Gasteiger partial charge in [-0.15, -0.1) is 11.3 Å². The van der Waals surface area contributed by atoms with Gasteiger partial charge in [0, 0.05) is 38.8 Å². The van der Waals surface area contributed by atoms with Crippen molar-refractivity contribution in [1.29, 1.82) is 0 Å². The zero-order valence-electron chi connectivity index (χ0n) is 30.7. The van der Waals surface area contributed by atoms with Crippen LogP contribution in [0.4, 0.5) is 0 Å². The Bertz CT molecular complexity index is 3240. The van der Waals surface area contributed by atoms with Crippen molar-refractivity contribution >= 4 is 53.2 Å². The highest BCUT2D eigenvalue weighted by Gasteiger charge is 2.18. The molecule has 5 heterocycles. The Morgan fingerprint density at radius 3 is 1.63 bits per heavy atom. The molecule has 0 fully saturated rings. The second-order valence-electron chi connectivity index (χ2n) is 14.2. The zero-order chi connectivity index (χ0) is 37.7. The van der Waals surface area contributed by atoms with Crippen LogP contribution in [-0.2, 0) is 0 Å². The third-order valence-corrected chi connectivity index (χ3v) is 11.9. The van der Waals surface area contributed by atoms with E-state index in [1.165, 1.54) is 41.9 Å². The van der Waals surface area contributed by atoms with Crippen molar-refractivity contribution in [2.24, 2.45) is 0 Å². The van der Waals surface area contributed by atoms with E-state index >= 15 is 0 Å². The lowest BCUT2D eigenvalue weighted by Gasteiger charge is -2.12. The van der Waals surface area contributed by atoms with Gasteiger partial charge in [-0.05, 0) is 111 Å². The van der Waals surface area contributed by atoms with Crippen LogP contribution in [0, 0.1) is 0 Å². The molecule has 0 bridgehead atoms. The smallest absolute Gasteiger partial charge is 0.0900 e. The molecule has 5 heteroatoms. The molecule has 5 aromatic heterocycles. The van der Waals surface area contributed by atoms with Gasteiger partial charge in [0.2, 0.25) is 0 Å². The maximum absolute atomic E-state index is 5.41. The van der Waals surface area contributed by atoms with Crippen molar-refractivity contribution in [1.82, 2.24) is 19.9 Å². The number of hydrogen-bond acceptors (Lipinski definition) is 5. The van der Waals surface area contributed by atoms with Crippen LogP contribution in [0.25, 0.3) is 109 Å². The fraction of sp³-hybridized carbons (Fsp3) is 0. The summed E-state index contributed by atoms with van der Waals surface area (Å²) in [7, 11) is 0. The second kappa shape index (κ2) is 13.7. The third-order valence-electron chi connectivity index (χ3n) is 10.8. The Morgan fingerprint density at radius 2 is 0.947 bits per heavy atom. The molecule has 0 radical (unpaired) electrons. The van der Waals surface area contributed by atoms with Gasteiger partial charge in [0.15, 0.2) is 0 Å². The zero-order valence-corrected chi connectivity index (χ0v) is 31.5. The topological polar surface area (TPSA) is 51.6 Å². The summed E-state index contributed by atoms with van der Waals surface area (Å²) < 4.78 is 2.49. The van der Waals surface area contributed by atoms with Crippen LogP contribution >= 0.6 is 11.3 Å². The summed E-state index contributed by atoms with van der Waals surface area (Å²) in [5.74, 6) is 0. The molecule has 0 aliphatic carbocycles. The van der Waals surface area contributed by atoms with E-state index in [1.807, 2.05) is 47.7 Å². The lowest BCUT2D eigenvalue weighted by atomic mass is 9.94. The highest BCUT2D eigenvalue weighted by molar-refractivity contribution is 7.26. The summed E-state index contributed by atoms with van der Waals surface area (Å²) in [5.41, 5.74) is 13.2. The number of benzene rings is 6. The van der Waals surface area contributed by atoms with Crippen LogP contribution in [0.1, 0.15) is 0 Å². The number of nitrogens with zero attached hydrogens (tertiary/aromatic N) is 4. The summed E-state index contributed by atoms with van der Waals surface area (Å²) in [6.07, 6.45) is 3.61. The molecule has 0 unspecified atom stereocenters. The van der Waals surface area contributed by atoms with Gasteiger partial charge in [0.05, 0.1) is 38.7 Å². The van der Waals surface area contributed by atoms with E-state index in [0.717, 1.165) is 67.4 Å².